The molecule has 0 fully saturated rings. The second-order valence-electron chi connectivity index (χ2n) is 12.2. The molecule has 0 amide bonds. The molecule has 0 aliphatic heterocycles. The lowest BCUT2D eigenvalue weighted by Gasteiger charge is -2.11. The molecule has 9 nitrogen and oxygen atoms in total. The van der Waals surface area contributed by atoms with Gasteiger partial charge in [-0.3, -0.25) is 18.7 Å². The minimum absolute atomic E-state index is 0.0867. The van der Waals surface area contributed by atoms with Gasteiger partial charge < -0.3 is 0 Å². The Bertz CT molecular complexity index is 2760. The first-order valence-corrected chi connectivity index (χ1v) is 17.6. The van der Waals surface area contributed by atoms with Gasteiger partial charge in [-0.2, -0.15) is 0 Å². The van der Waals surface area contributed by atoms with Crippen LogP contribution >= 0.6 is 22.7 Å². The fourth-order valence-electron chi connectivity index (χ4n) is 6.41. The van der Waals surface area contributed by atoms with E-state index in [0.29, 0.717) is 54.9 Å². The van der Waals surface area contributed by atoms with E-state index in [1.54, 1.807) is 23.2 Å². The smallest absolute Gasteiger partial charge is 0.271 e. The summed E-state index contributed by atoms with van der Waals surface area (Å²) in [5.74, 6) is 1.29. The van der Waals surface area contributed by atoms with Crippen LogP contribution in [0.2, 0.25) is 0 Å². The van der Waals surface area contributed by atoms with Crippen LogP contribution in [0.5, 0.6) is 0 Å². The summed E-state index contributed by atoms with van der Waals surface area (Å²) in [6, 6.07) is 30.1. The van der Waals surface area contributed by atoms with Crippen molar-refractivity contribution in [1.29, 1.82) is 0 Å². The molecule has 7 heterocycles. The molecule has 0 radical (unpaired) electrons. The molecule has 0 spiro atoms. The van der Waals surface area contributed by atoms with Gasteiger partial charge in [-0.1, -0.05) is 66.7 Å². The number of hydrogen-bond acceptors (Lipinski definition) is 9. The molecule has 0 aliphatic carbocycles. The van der Waals surface area contributed by atoms with E-state index in [1.807, 2.05) is 80.6 Å². The minimum Gasteiger partial charge on any atom is -0.299 e. The normalized spacial score (nSPS) is 11.8. The average molecular weight is 690 g/mol. The number of thiophene rings is 2. The van der Waals surface area contributed by atoms with Crippen molar-refractivity contribution in [2.24, 2.45) is 14.1 Å². The summed E-state index contributed by atoms with van der Waals surface area (Å²) in [6.45, 7) is 3.68. The molecule has 2 aromatic carbocycles. The molecule has 0 atom stereocenters. The van der Waals surface area contributed by atoms with Crippen LogP contribution in [0.25, 0.3) is 85.9 Å². The summed E-state index contributed by atoms with van der Waals surface area (Å²) in [7, 11) is 3.48. The highest BCUT2D eigenvalue weighted by atomic mass is 32.1. The van der Waals surface area contributed by atoms with E-state index in [4.69, 9.17) is 24.9 Å². The highest BCUT2D eigenvalue weighted by Crippen LogP contribution is 2.41. The van der Waals surface area contributed by atoms with Crippen molar-refractivity contribution in [2.75, 3.05) is 0 Å². The number of nitrogens with zero attached hydrogens (tertiary/aromatic N) is 7. The molecule has 9 rings (SSSR count). The Morgan fingerprint density at radius 1 is 0.500 bits per heavy atom. The van der Waals surface area contributed by atoms with Crippen molar-refractivity contribution < 1.29 is 0 Å². The first-order chi connectivity index (χ1) is 24.3. The molecule has 11 heteroatoms. The lowest BCUT2D eigenvalue weighted by atomic mass is 10.0. The average Bonchev–Trinajstić information content (AvgIpc) is 3.71. The Morgan fingerprint density at radius 2 is 0.920 bits per heavy atom. The van der Waals surface area contributed by atoms with Gasteiger partial charge in [0.25, 0.3) is 11.1 Å². The quantitative estimate of drug-likeness (QED) is 0.184. The third-order valence-electron chi connectivity index (χ3n) is 9.23. The van der Waals surface area contributed by atoms with E-state index >= 15 is 0 Å². The van der Waals surface area contributed by atoms with E-state index < -0.39 is 0 Å². The summed E-state index contributed by atoms with van der Waals surface area (Å²) < 4.78 is 4.30. The zero-order valence-corrected chi connectivity index (χ0v) is 29.1. The van der Waals surface area contributed by atoms with E-state index in [-0.39, 0.29) is 11.1 Å². The molecule has 9 aromatic rings. The van der Waals surface area contributed by atoms with Crippen LogP contribution in [0, 0.1) is 13.8 Å². The van der Waals surface area contributed by atoms with Crippen LogP contribution in [0.3, 0.4) is 0 Å². The highest BCUT2D eigenvalue weighted by molar-refractivity contribution is 7.25. The van der Waals surface area contributed by atoms with Crippen molar-refractivity contribution in [3.05, 3.63) is 123 Å². The maximum atomic E-state index is 13.3. The molecule has 242 valence electrons. The van der Waals surface area contributed by atoms with Gasteiger partial charge in [-0.15, -0.1) is 22.7 Å². The van der Waals surface area contributed by atoms with Crippen LogP contribution in [0.1, 0.15) is 11.6 Å². The van der Waals surface area contributed by atoms with Crippen molar-refractivity contribution in [3.63, 3.8) is 0 Å². The monoisotopic (exact) mass is 689 g/mol. The second kappa shape index (κ2) is 11.3. The van der Waals surface area contributed by atoms with Crippen LogP contribution in [0.4, 0.5) is 0 Å². The van der Waals surface area contributed by atoms with E-state index in [0.717, 1.165) is 42.7 Å². The fraction of sp³-hybridized carbons (Fsp3) is 0.103. The second-order valence-corrected chi connectivity index (χ2v) is 14.2. The molecule has 0 bridgehead atoms. The highest BCUT2D eigenvalue weighted by Gasteiger charge is 2.22. The summed E-state index contributed by atoms with van der Waals surface area (Å²) in [5.41, 5.74) is 7.71. The van der Waals surface area contributed by atoms with Gasteiger partial charge in [0, 0.05) is 24.9 Å². The zero-order chi connectivity index (χ0) is 34.3. The number of benzene rings is 2. The first-order valence-electron chi connectivity index (χ1n) is 16.0. The van der Waals surface area contributed by atoms with E-state index in [2.05, 4.69) is 24.3 Å². The van der Waals surface area contributed by atoms with Crippen molar-refractivity contribution in [3.8, 4) is 45.0 Å². The van der Waals surface area contributed by atoms with Crippen molar-refractivity contribution >= 4 is 63.5 Å². The predicted octanol–water partition coefficient (Wildman–Crippen LogP) is 8.08. The topological polar surface area (TPSA) is 108 Å². The molecule has 50 heavy (non-hydrogen) atoms. The maximum absolute atomic E-state index is 13.3. The largest absolute Gasteiger partial charge is 0.299 e. The Labute approximate surface area is 292 Å². The third-order valence-corrected chi connectivity index (χ3v) is 11.4. The number of aryl methyl sites for hydroxylation is 2. The molecular formula is C39H27N7O2S2. The number of aromatic nitrogens is 7. The van der Waals surface area contributed by atoms with Crippen molar-refractivity contribution in [1.82, 2.24) is 34.1 Å². The summed E-state index contributed by atoms with van der Waals surface area (Å²) in [4.78, 5) is 53.0. The molecule has 0 saturated heterocycles. The predicted molar refractivity (Wildman–Crippen MR) is 203 cm³/mol. The third kappa shape index (κ3) is 4.62. The lowest BCUT2D eigenvalue weighted by Crippen LogP contribution is -2.19. The van der Waals surface area contributed by atoms with Crippen LogP contribution in [-0.2, 0) is 14.1 Å². The number of hydrogen-bond donors (Lipinski definition) is 0. The van der Waals surface area contributed by atoms with Gasteiger partial charge in [0.15, 0.2) is 0 Å². The molecule has 0 aliphatic rings. The van der Waals surface area contributed by atoms with Gasteiger partial charge >= 0.3 is 0 Å². The standard InChI is InChI=1S/C39H27N7O2S2/c1-20-40-32-30-24(22-12-7-5-8-13-22)18-28(43-36(30)49-34(32)38(47)45(20)3)26-16-11-17-27(42-26)29-19-25(23-14-9-6-10-15-23)31-33-35(50-37(31)44-29)39(48)46(4)21(2)41-33/h5-19H,1-4H3. The van der Waals surface area contributed by atoms with Crippen LogP contribution < -0.4 is 11.1 Å². The Balaban J connectivity index is 1.27. The van der Waals surface area contributed by atoms with Gasteiger partial charge in [-0.25, -0.2) is 24.9 Å². The lowest BCUT2D eigenvalue weighted by molar-refractivity contribution is 0.795. The summed E-state index contributed by atoms with van der Waals surface area (Å²) in [5, 5.41) is 1.72. The van der Waals surface area contributed by atoms with Gasteiger partial charge in [0.05, 0.1) is 33.8 Å². The first kappa shape index (κ1) is 30.2. The van der Waals surface area contributed by atoms with Gasteiger partial charge in [0.2, 0.25) is 0 Å². The van der Waals surface area contributed by atoms with Gasteiger partial charge in [0.1, 0.15) is 30.7 Å². The van der Waals surface area contributed by atoms with E-state index in [1.165, 1.54) is 22.7 Å². The maximum Gasteiger partial charge on any atom is 0.271 e. The molecule has 0 unspecified atom stereocenters. The van der Waals surface area contributed by atoms with E-state index in [9.17, 15) is 9.59 Å². The molecule has 0 saturated carbocycles. The van der Waals surface area contributed by atoms with Crippen molar-refractivity contribution in [2.45, 2.75) is 13.8 Å². The summed E-state index contributed by atoms with van der Waals surface area (Å²) >= 11 is 2.71. The molecule has 0 N–H and O–H groups in total. The number of pyridine rings is 3. The fourth-order valence-corrected chi connectivity index (χ4v) is 8.64. The van der Waals surface area contributed by atoms with Gasteiger partial charge in [-0.05, 0) is 60.4 Å². The SMILES string of the molecule is Cc1nc2c(sc3nc(-c4cccc(-c5cc(-c6ccccc6)c6c(n5)sc5c(=O)n(C)c(C)nc56)n4)cc(-c4ccccc4)c32)c(=O)n1C. The van der Waals surface area contributed by atoms with Crippen LogP contribution in [0.15, 0.2) is 101 Å². The zero-order valence-electron chi connectivity index (χ0n) is 27.4. The Morgan fingerprint density at radius 3 is 1.34 bits per heavy atom. The molecular weight excluding hydrogens is 663 g/mol. The molecule has 7 aromatic heterocycles. The summed E-state index contributed by atoms with van der Waals surface area (Å²) in [6.07, 6.45) is 0. The van der Waals surface area contributed by atoms with Crippen LogP contribution in [-0.4, -0.2) is 34.1 Å². The Kier molecular flexibility index (Phi) is 6.84. The number of fused-ring (bicyclic) bond motifs is 6. The minimum atomic E-state index is -0.0867. The Hall–Kier alpha value is -5.91. The number of rotatable bonds is 4.